The molecule has 0 aliphatic carbocycles. The summed E-state index contributed by atoms with van der Waals surface area (Å²) >= 11 is 0. The minimum absolute atomic E-state index is 0.334. The minimum Gasteiger partial charge on any atom is -0.481 e. The van der Waals surface area contributed by atoms with E-state index >= 15 is 0 Å². The summed E-state index contributed by atoms with van der Waals surface area (Å²) < 4.78 is 7.17. The van der Waals surface area contributed by atoms with Crippen molar-refractivity contribution in [3.63, 3.8) is 0 Å². The molecule has 1 heterocycles. The number of rotatable bonds is 5. The number of ether oxygens (including phenoxy) is 1. The summed E-state index contributed by atoms with van der Waals surface area (Å²) in [5.74, 6) is 1.48. The summed E-state index contributed by atoms with van der Waals surface area (Å²) in [6, 6.07) is 0. The molecule has 4 nitrogen and oxygen atoms in total. The average molecular weight is 253 g/mol. The lowest BCUT2D eigenvalue weighted by Gasteiger charge is -2.27. The Balaban J connectivity index is 2.59. The molecule has 0 saturated carbocycles. The second kappa shape index (κ2) is 5.74. The van der Waals surface area contributed by atoms with Gasteiger partial charge < -0.3 is 10.1 Å². The predicted molar refractivity (Wildman–Crippen MR) is 74.8 cm³/mol. The van der Waals surface area contributed by atoms with Crippen LogP contribution in [0.1, 0.15) is 39.0 Å². The van der Waals surface area contributed by atoms with E-state index in [0.717, 1.165) is 30.2 Å². The van der Waals surface area contributed by atoms with Crippen LogP contribution >= 0.6 is 0 Å². The van der Waals surface area contributed by atoms with Gasteiger partial charge in [-0.05, 0) is 24.8 Å². The molecular weight excluding hydrogens is 226 g/mol. The van der Waals surface area contributed by atoms with E-state index in [2.05, 4.69) is 38.1 Å². The van der Waals surface area contributed by atoms with Gasteiger partial charge in [0.05, 0.1) is 18.4 Å². The molecule has 0 fully saturated rings. The molecule has 1 aromatic rings. The Morgan fingerprint density at radius 1 is 1.39 bits per heavy atom. The molecule has 1 rings (SSSR count). The first-order valence-electron chi connectivity index (χ1n) is 6.54. The lowest BCUT2D eigenvalue weighted by atomic mass is 9.82. The van der Waals surface area contributed by atoms with E-state index < -0.39 is 0 Å². The van der Waals surface area contributed by atoms with Gasteiger partial charge in [0.1, 0.15) is 0 Å². The van der Waals surface area contributed by atoms with Crippen molar-refractivity contribution in [3.05, 3.63) is 11.3 Å². The molecule has 0 aliphatic heterocycles. The van der Waals surface area contributed by atoms with Gasteiger partial charge in [-0.15, -0.1) is 0 Å². The lowest BCUT2D eigenvalue weighted by Crippen LogP contribution is -2.29. The van der Waals surface area contributed by atoms with Gasteiger partial charge in [0, 0.05) is 13.6 Å². The number of nitrogens with zero attached hydrogens (tertiary/aromatic N) is 2. The number of aryl methyl sites for hydroxylation is 2. The van der Waals surface area contributed by atoms with Gasteiger partial charge >= 0.3 is 0 Å². The summed E-state index contributed by atoms with van der Waals surface area (Å²) in [6.07, 6.45) is 0. The Bertz CT molecular complexity index is 390. The van der Waals surface area contributed by atoms with E-state index in [-0.39, 0.29) is 0 Å². The third-order valence-electron chi connectivity index (χ3n) is 3.71. The highest BCUT2D eigenvalue weighted by atomic mass is 16.5. The van der Waals surface area contributed by atoms with Crippen LogP contribution in [0.15, 0.2) is 0 Å². The summed E-state index contributed by atoms with van der Waals surface area (Å²) in [5.41, 5.74) is 2.52. The minimum atomic E-state index is 0.334. The van der Waals surface area contributed by atoms with Crippen LogP contribution in [0.4, 0.5) is 0 Å². The topological polar surface area (TPSA) is 39.1 Å². The maximum atomic E-state index is 5.38. The Hall–Kier alpha value is -1.03. The molecule has 0 saturated heterocycles. The van der Waals surface area contributed by atoms with Gasteiger partial charge in [0.2, 0.25) is 5.88 Å². The van der Waals surface area contributed by atoms with E-state index in [0.29, 0.717) is 11.3 Å². The standard InChI is InChI=1S/C14H27N3O/c1-10(14(3,4)5)8-15-9-12-11(2)16-17(6)13(12)18-7/h10,15H,8-9H2,1-7H3. The molecule has 0 aliphatic rings. The number of methoxy groups -OCH3 is 1. The number of hydrogen-bond donors (Lipinski definition) is 1. The van der Waals surface area contributed by atoms with Crippen LogP contribution in [-0.4, -0.2) is 23.4 Å². The van der Waals surface area contributed by atoms with Gasteiger partial charge in [-0.3, -0.25) is 0 Å². The average Bonchev–Trinajstić information content (AvgIpc) is 2.51. The summed E-state index contributed by atoms with van der Waals surface area (Å²) in [5, 5.41) is 7.88. The summed E-state index contributed by atoms with van der Waals surface area (Å²) in [7, 11) is 3.60. The monoisotopic (exact) mass is 253 g/mol. The molecule has 0 spiro atoms. The SMILES string of the molecule is COc1c(CNCC(C)C(C)(C)C)c(C)nn1C. The molecule has 104 valence electrons. The fraction of sp³-hybridized carbons (Fsp3) is 0.786. The van der Waals surface area contributed by atoms with Crippen molar-refractivity contribution < 1.29 is 4.74 Å². The van der Waals surface area contributed by atoms with Crippen molar-refractivity contribution in [2.24, 2.45) is 18.4 Å². The Morgan fingerprint density at radius 3 is 2.50 bits per heavy atom. The molecular formula is C14H27N3O. The van der Waals surface area contributed by atoms with E-state index in [4.69, 9.17) is 4.74 Å². The molecule has 1 N–H and O–H groups in total. The van der Waals surface area contributed by atoms with Gasteiger partial charge in [-0.25, -0.2) is 4.68 Å². The van der Waals surface area contributed by atoms with Crippen LogP contribution in [0.25, 0.3) is 0 Å². The summed E-state index contributed by atoms with van der Waals surface area (Å²) in [4.78, 5) is 0. The van der Waals surface area contributed by atoms with Crippen molar-refractivity contribution in [2.45, 2.75) is 41.2 Å². The molecule has 18 heavy (non-hydrogen) atoms. The highest BCUT2D eigenvalue weighted by molar-refractivity contribution is 5.30. The second-order valence-electron chi connectivity index (χ2n) is 6.09. The fourth-order valence-electron chi connectivity index (χ4n) is 1.86. The normalized spacial score (nSPS) is 13.7. The Morgan fingerprint density at radius 2 is 2.00 bits per heavy atom. The highest BCUT2D eigenvalue weighted by Crippen LogP contribution is 2.25. The van der Waals surface area contributed by atoms with Crippen LogP contribution < -0.4 is 10.1 Å². The van der Waals surface area contributed by atoms with E-state index in [1.807, 2.05) is 14.0 Å². The van der Waals surface area contributed by atoms with Crippen LogP contribution in [0.2, 0.25) is 0 Å². The van der Waals surface area contributed by atoms with E-state index in [9.17, 15) is 0 Å². The van der Waals surface area contributed by atoms with Crippen molar-refractivity contribution >= 4 is 0 Å². The zero-order valence-electron chi connectivity index (χ0n) is 12.8. The highest BCUT2D eigenvalue weighted by Gasteiger charge is 2.20. The van der Waals surface area contributed by atoms with Crippen LogP contribution in [0, 0.1) is 18.3 Å². The number of nitrogens with one attached hydrogen (secondary N) is 1. The molecule has 0 bridgehead atoms. The van der Waals surface area contributed by atoms with Crippen molar-refractivity contribution in [1.29, 1.82) is 0 Å². The summed E-state index contributed by atoms with van der Waals surface area (Å²) in [6.45, 7) is 12.9. The van der Waals surface area contributed by atoms with Crippen molar-refractivity contribution in [1.82, 2.24) is 15.1 Å². The quantitative estimate of drug-likeness (QED) is 0.876. The van der Waals surface area contributed by atoms with Crippen molar-refractivity contribution in [3.8, 4) is 5.88 Å². The smallest absolute Gasteiger partial charge is 0.216 e. The molecule has 4 heteroatoms. The van der Waals surface area contributed by atoms with Crippen molar-refractivity contribution in [2.75, 3.05) is 13.7 Å². The number of hydrogen-bond acceptors (Lipinski definition) is 3. The maximum Gasteiger partial charge on any atom is 0.216 e. The fourth-order valence-corrected chi connectivity index (χ4v) is 1.86. The predicted octanol–water partition coefficient (Wildman–Crippen LogP) is 2.51. The molecule has 1 unspecified atom stereocenters. The lowest BCUT2D eigenvalue weighted by molar-refractivity contribution is 0.252. The largest absolute Gasteiger partial charge is 0.481 e. The molecule has 0 radical (unpaired) electrons. The first-order valence-corrected chi connectivity index (χ1v) is 6.54. The first kappa shape index (κ1) is 15.0. The first-order chi connectivity index (χ1) is 8.27. The molecule has 0 amide bonds. The Labute approximate surface area is 111 Å². The van der Waals surface area contributed by atoms with E-state index in [1.165, 1.54) is 0 Å². The zero-order valence-corrected chi connectivity index (χ0v) is 12.8. The van der Waals surface area contributed by atoms with Gasteiger partial charge in [0.25, 0.3) is 0 Å². The van der Waals surface area contributed by atoms with Gasteiger partial charge in [-0.2, -0.15) is 5.10 Å². The van der Waals surface area contributed by atoms with Gasteiger partial charge in [0.15, 0.2) is 0 Å². The van der Waals surface area contributed by atoms with Crippen LogP contribution in [0.3, 0.4) is 0 Å². The molecule has 1 atom stereocenters. The van der Waals surface area contributed by atoms with Crippen LogP contribution in [0.5, 0.6) is 5.88 Å². The number of aromatic nitrogens is 2. The van der Waals surface area contributed by atoms with Crippen LogP contribution in [-0.2, 0) is 13.6 Å². The Kier molecular flexibility index (Phi) is 4.79. The third kappa shape index (κ3) is 3.48. The second-order valence-corrected chi connectivity index (χ2v) is 6.09. The molecule has 1 aromatic heterocycles. The third-order valence-corrected chi connectivity index (χ3v) is 3.71. The molecule has 0 aromatic carbocycles. The van der Waals surface area contributed by atoms with Gasteiger partial charge in [-0.1, -0.05) is 27.7 Å². The zero-order chi connectivity index (χ0) is 13.9. The van der Waals surface area contributed by atoms with E-state index in [1.54, 1.807) is 11.8 Å². The maximum absolute atomic E-state index is 5.38.